The molecule has 6 N–H and O–H groups in total. The Hall–Kier alpha value is -1.57. The quantitative estimate of drug-likeness (QED) is 0.404. The predicted octanol–water partition coefficient (Wildman–Crippen LogP) is -1.58. The smallest absolute Gasteiger partial charge is 0.492 e. The van der Waals surface area contributed by atoms with E-state index in [0.717, 1.165) is 0 Å². The van der Waals surface area contributed by atoms with E-state index >= 15 is 0 Å². The average molecular weight is 239 g/mol. The van der Waals surface area contributed by atoms with Gasteiger partial charge in [0.1, 0.15) is 11.3 Å². The van der Waals surface area contributed by atoms with Crippen LogP contribution in [0.5, 0.6) is 5.75 Å². The predicted molar refractivity (Wildman–Crippen MR) is 61.9 cm³/mol. The van der Waals surface area contributed by atoms with Crippen LogP contribution in [0.15, 0.2) is 18.2 Å². The van der Waals surface area contributed by atoms with Gasteiger partial charge in [0.15, 0.2) is 0 Å². The van der Waals surface area contributed by atoms with Crippen LogP contribution in [-0.2, 0) is 11.2 Å². The number of phenols is 1. The number of benzene rings is 1. The van der Waals surface area contributed by atoms with E-state index in [2.05, 4.69) is 0 Å². The monoisotopic (exact) mass is 239 g/mol. The molecule has 0 radical (unpaired) electrons. The maximum atomic E-state index is 10.8. The number of hydrogen-bond acceptors (Lipinski definition) is 5. The van der Waals surface area contributed by atoms with E-state index in [1.165, 1.54) is 25.1 Å². The third-order valence-electron chi connectivity index (χ3n) is 2.43. The molecule has 0 amide bonds. The third-order valence-corrected chi connectivity index (χ3v) is 2.43. The van der Waals surface area contributed by atoms with Crippen LogP contribution in [-0.4, -0.2) is 38.9 Å². The maximum absolute atomic E-state index is 10.8. The van der Waals surface area contributed by atoms with Crippen molar-refractivity contribution in [1.82, 2.24) is 0 Å². The molecule has 7 heteroatoms. The number of aliphatic carboxylic acids is 1. The van der Waals surface area contributed by atoms with Crippen LogP contribution in [0, 0.1) is 0 Å². The highest BCUT2D eigenvalue weighted by molar-refractivity contribution is 6.59. The molecule has 1 unspecified atom stereocenters. The van der Waals surface area contributed by atoms with Gasteiger partial charge in [-0.15, -0.1) is 0 Å². The number of hydrogen-bond donors (Lipinski definition) is 5. The lowest BCUT2D eigenvalue weighted by Crippen LogP contribution is -2.47. The van der Waals surface area contributed by atoms with Crippen LogP contribution in [0.3, 0.4) is 0 Å². The number of nitrogens with two attached hydrogens (primary N) is 1. The van der Waals surface area contributed by atoms with Crippen molar-refractivity contribution in [2.75, 3.05) is 0 Å². The second-order valence-electron chi connectivity index (χ2n) is 4.17. The number of carbonyl (C=O) groups is 1. The zero-order chi connectivity index (χ0) is 13.2. The number of phenolic OH excluding ortho intramolecular Hbond substituents is 1. The van der Waals surface area contributed by atoms with Crippen molar-refractivity contribution in [3.05, 3.63) is 23.8 Å². The first-order valence-corrected chi connectivity index (χ1v) is 4.94. The largest absolute Gasteiger partial charge is 0.508 e. The maximum Gasteiger partial charge on any atom is 0.492 e. The van der Waals surface area contributed by atoms with Gasteiger partial charge in [-0.2, -0.15) is 0 Å². The van der Waals surface area contributed by atoms with Gasteiger partial charge in [-0.1, -0.05) is 12.1 Å². The standard InChI is InChI=1S/C10H14BNO5/c1-10(12,9(14)15)5-6-2-3-8(13)7(4-6)11(16)17/h2-4,13,16-17H,5,12H2,1H3,(H,14,15). The van der Waals surface area contributed by atoms with Gasteiger partial charge in [-0.3, -0.25) is 4.79 Å². The van der Waals surface area contributed by atoms with E-state index in [1.807, 2.05) is 0 Å². The molecule has 1 atom stereocenters. The molecular formula is C10H14BNO5. The highest BCUT2D eigenvalue weighted by Crippen LogP contribution is 2.14. The summed E-state index contributed by atoms with van der Waals surface area (Å²) < 4.78 is 0. The molecule has 1 rings (SSSR count). The first kappa shape index (κ1) is 13.5. The van der Waals surface area contributed by atoms with Gasteiger partial charge in [0.2, 0.25) is 0 Å². The molecule has 0 fully saturated rings. The van der Waals surface area contributed by atoms with Crippen LogP contribution in [0.4, 0.5) is 0 Å². The molecule has 0 saturated heterocycles. The molecule has 0 saturated carbocycles. The van der Waals surface area contributed by atoms with Gasteiger partial charge in [0.05, 0.1) is 0 Å². The van der Waals surface area contributed by atoms with Gasteiger partial charge in [0, 0.05) is 11.9 Å². The molecule has 1 aromatic carbocycles. The molecule has 17 heavy (non-hydrogen) atoms. The van der Waals surface area contributed by atoms with Crippen LogP contribution in [0.25, 0.3) is 0 Å². The van der Waals surface area contributed by atoms with Gasteiger partial charge < -0.3 is 26.0 Å². The molecule has 0 bridgehead atoms. The Morgan fingerprint density at radius 2 is 2.06 bits per heavy atom. The van der Waals surface area contributed by atoms with E-state index in [9.17, 15) is 9.90 Å². The van der Waals surface area contributed by atoms with Crippen molar-refractivity contribution in [2.24, 2.45) is 5.73 Å². The summed E-state index contributed by atoms with van der Waals surface area (Å²) in [5, 5.41) is 36.2. The van der Waals surface area contributed by atoms with Crippen molar-refractivity contribution in [1.29, 1.82) is 0 Å². The van der Waals surface area contributed by atoms with Crippen LogP contribution in [0.2, 0.25) is 0 Å². The zero-order valence-corrected chi connectivity index (χ0v) is 9.29. The van der Waals surface area contributed by atoms with Crippen molar-refractivity contribution in [2.45, 2.75) is 18.9 Å². The summed E-state index contributed by atoms with van der Waals surface area (Å²) in [6.45, 7) is 1.36. The normalized spacial score (nSPS) is 14.1. The van der Waals surface area contributed by atoms with Gasteiger partial charge in [-0.05, 0) is 18.6 Å². The molecule has 0 aliphatic rings. The molecule has 0 aromatic heterocycles. The molecule has 0 heterocycles. The first-order valence-electron chi connectivity index (χ1n) is 4.94. The van der Waals surface area contributed by atoms with Crippen molar-refractivity contribution in [3.63, 3.8) is 0 Å². The van der Waals surface area contributed by atoms with Crippen LogP contribution < -0.4 is 11.2 Å². The van der Waals surface area contributed by atoms with Crippen molar-refractivity contribution < 1.29 is 25.1 Å². The summed E-state index contributed by atoms with van der Waals surface area (Å²) in [7, 11) is -1.82. The van der Waals surface area contributed by atoms with Crippen LogP contribution >= 0.6 is 0 Å². The SMILES string of the molecule is CC(N)(Cc1ccc(O)c(B(O)O)c1)C(=O)O. The van der Waals surface area contributed by atoms with Gasteiger partial charge in [0.25, 0.3) is 0 Å². The van der Waals surface area contributed by atoms with Gasteiger partial charge >= 0.3 is 13.1 Å². The molecule has 0 aliphatic heterocycles. The second kappa shape index (κ2) is 4.74. The minimum absolute atomic E-state index is 0.0162. The Balaban J connectivity index is 3.01. The molecule has 0 spiro atoms. The molecular weight excluding hydrogens is 225 g/mol. The summed E-state index contributed by atoms with van der Waals surface area (Å²) in [4.78, 5) is 10.8. The highest BCUT2D eigenvalue weighted by Gasteiger charge is 2.28. The lowest BCUT2D eigenvalue weighted by molar-refractivity contribution is -0.142. The number of aromatic hydroxyl groups is 1. The van der Waals surface area contributed by atoms with E-state index in [4.69, 9.17) is 20.9 Å². The summed E-state index contributed by atoms with van der Waals surface area (Å²) in [6.07, 6.45) is 0.0162. The number of rotatable bonds is 4. The lowest BCUT2D eigenvalue weighted by Gasteiger charge is -2.19. The minimum atomic E-state index is -1.82. The third kappa shape index (κ3) is 3.19. The summed E-state index contributed by atoms with van der Waals surface area (Å²) in [5.74, 6) is -1.42. The fourth-order valence-corrected chi connectivity index (χ4v) is 1.42. The average Bonchev–Trinajstić information content (AvgIpc) is 2.20. The number of carboxylic acid groups (broad SMARTS) is 1. The highest BCUT2D eigenvalue weighted by atomic mass is 16.4. The molecule has 92 valence electrons. The fraction of sp³-hybridized carbons (Fsp3) is 0.300. The molecule has 0 aliphatic carbocycles. The van der Waals surface area contributed by atoms with E-state index in [0.29, 0.717) is 5.56 Å². The zero-order valence-electron chi connectivity index (χ0n) is 9.29. The molecule has 6 nitrogen and oxygen atoms in total. The summed E-state index contributed by atoms with van der Waals surface area (Å²) >= 11 is 0. The summed E-state index contributed by atoms with van der Waals surface area (Å²) in [6, 6.07) is 4.06. The Labute approximate surface area is 98.5 Å². The number of carboxylic acids is 1. The topological polar surface area (TPSA) is 124 Å². The summed E-state index contributed by atoms with van der Waals surface area (Å²) in [5.41, 5.74) is 4.54. The van der Waals surface area contributed by atoms with Crippen molar-refractivity contribution in [3.8, 4) is 5.75 Å². The van der Waals surface area contributed by atoms with E-state index < -0.39 is 18.6 Å². The van der Waals surface area contributed by atoms with E-state index in [-0.39, 0.29) is 17.6 Å². The Morgan fingerprint density at radius 3 is 2.53 bits per heavy atom. The fourth-order valence-electron chi connectivity index (χ4n) is 1.42. The first-order chi connectivity index (χ1) is 7.74. The Bertz CT molecular complexity index is 433. The molecule has 1 aromatic rings. The van der Waals surface area contributed by atoms with Crippen LogP contribution in [0.1, 0.15) is 12.5 Å². The van der Waals surface area contributed by atoms with Gasteiger partial charge in [-0.25, -0.2) is 0 Å². The minimum Gasteiger partial charge on any atom is -0.508 e. The Kier molecular flexibility index (Phi) is 3.77. The van der Waals surface area contributed by atoms with E-state index in [1.54, 1.807) is 0 Å². The second-order valence-corrected chi connectivity index (χ2v) is 4.17. The lowest BCUT2D eigenvalue weighted by atomic mass is 9.78. The Morgan fingerprint density at radius 1 is 1.47 bits per heavy atom. The van der Waals surface area contributed by atoms with Crippen molar-refractivity contribution >= 4 is 18.6 Å².